The van der Waals surface area contributed by atoms with Crippen LogP contribution < -0.4 is 5.32 Å². The molecule has 1 aromatic heterocycles. The molecule has 104 valence electrons. The summed E-state index contributed by atoms with van der Waals surface area (Å²) in [5.74, 6) is -1.55. The van der Waals surface area contributed by atoms with Gasteiger partial charge in [-0.3, -0.25) is 4.79 Å². The van der Waals surface area contributed by atoms with Crippen LogP contribution in [-0.2, 0) is 14.3 Å². The topological polar surface area (TPSA) is 75.6 Å². The fourth-order valence-corrected chi connectivity index (χ4v) is 2.25. The number of hydrogen-bond donors (Lipinski definition) is 2. The van der Waals surface area contributed by atoms with Crippen molar-refractivity contribution in [2.24, 2.45) is 0 Å². The summed E-state index contributed by atoms with van der Waals surface area (Å²) in [6.45, 7) is 0.265. The molecule has 1 amide bonds. The third-order valence-electron chi connectivity index (χ3n) is 2.22. The summed E-state index contributed by atoms with van der Waals surface area (Å²) in [5.41, 5.74) is 0. The van der Waals surface area contributed by atoms with Gasteiger partial charge in [-0.05, 0) is 18.2 Å². The van der Waals surface area contributed by atoms with Crippen molar-refractivity contribution >= 4 is 40.9 Å². The number of carbonyl (C=O) groups excluding carboxylic acids is 1. The SMILES string of the molecule is COCCC(NC(=O)C=Cc1ccc(Cl)s1)C(=O)O. The molecule has 0 fully saturated rings. The average molecular weight is 304 g/mol. The number of rotatable bonds is 7. The second-order valence-electron chi connectivity index (χ2n) is 3.66. The number of aliphatic carboxylic acids is 1. The Morgan fingerprint density at radius 3 is 2.84 bits per heavy atom. The molecule has 7 heteroatoms. The summed E-state index contributed by atoms with van der Waals surface area (Å²) in [7, 11) is 1.47. The van der Waals surface area contributed by atoms with Gasteiger partial charge in [-0.1, -0.05) is 11.6 Å². The molecule has 1 aromatic rings. The Labute approximate surface area is 119 Å². The molecule has 0 bridgehead atoms. The number of carboxylic acids is 1. The first-order chi connectivity index (χ1) is 9.02. The van der Waals surface area contributed by atoms with E-state index in [9.17, 15) is 9.59 Å². The lowest BCUT2D eigenvalue weighted by Crippen LogP contribution is -2.40. The molecule has 19 heavy (non-hydrogen) atoms. The predicted molar refractivity (Wildman–Crippen MR) is 74.4 cm³/mol. The molecular formula is C12H14ClNO4S. The van der Waals surface area contributed by atoms with E-state index in [4.69, 9.17) is 21.4 Å². The molecule has 0 aliphatic carbocycles. The summed E-state index contributed by atoms with van der Waals surface area (Å²) < 4.78 is 5.42. The van der Waals surface area contributed by atoms with Crippen LogP contribution in [0.2, 0.25) is 4.34 Å². The standard InChI is InChI=1S/C12H14ClNO4S/c1-18-7-6-9(12(16)17)14-11(15)5-3-8-2-4-10(13)19-8/h2-5,9H,6-7H2,1H3,(H,14,15)(H,16,17). The summed E-state index contributed by atoms with van der Waals surface area (Å²) in [5, 5.41) is 11.3. The van der Waals surface area contributed by atoms with E-state index in [-0.39, 0.29) is 13.0 Å². The normalized spacial score (nSPS) is 12.5. The molecular weight excluding hydrogens is 290 g/mol. The van der Waals surface area contributed by atoms with Crippen LogP contribution in [0.5, 0.6) is 0 Å². The highest BCUT2D eigenvalue weighted by molar-refractivity contribution is 7.17. The van der Waals surface area contributed by atoms with Gasteiger partial charge in [0.2, 0.25) is 5.91 Å². The van der Waals surface area contributed by atoms with Crippen molar-refractivity contribution in [3.05, 3.63) is 27.4 Å². The van der Waals surface area contributed by atoms with Crippen molar-refractivity contribution in [1.82, 2.24) is 5.32 Å². The van der Waals surface area contributed by atoms with E-state index in [0.717, 1.165) is 4.88 Å². The Morgan fingerprint density at radius 2 is 2.32 bits per heavy atom. The highest BCUT2D eigenvalue weighted by Gasteiger charge is 2.18. The van der Waals surface area contributed by atoms with E-state index < -0.39 is 17.9 Å². The van der Waals surface area contributed by atoms with Crippen LogP contribution >= 0.6 is 22.9 Å². The van der Waals surface area contributed by atoms with Crippen molar-refractivity contribution in [3.63, 3.8) is 0 Å². The van der Waals surface area contributed by atoms with Crippen molar-refractivity contribution in [3.8, 4) is 0 Å². The van der Waals surface area contributed by atoms with E-state index >= 15 is 0 Å². The molecule has 0 radical (unpaired) electrons. The Balaban J connectivity index is 2.52. The zero-order valence-electron chi connectivity index (χ0n) is 10.3. The smallest absolute Gasteiger partial charge is 0.326 e. The fourth-order valence-electron chi connectivity index (χ4n) is 1.29. The van der Waals surface area contributed by atoms with Crippen LogP contribution in [0.15, 0.2) is 18.2 Å². The van der Waals surface area contributed by atoms with Crippen LogP contribution in [0.4, 0.5) is 0 Å². The number of halogens is 1. The minimum absolute atomic E-state index is 0.218. The van der Waals surface area contributed by atoms with Gasteiger partial charge in [-0.2, -0.15) is 0 Å². The van der Waals surface area contributed by atoms with Gasteiger partial charge in [0.25, 0.3) is 0 Å². The van der Waals surface area contributed by atoms with E-state index in [2.05, 4.69) is 5.32 Å². The lowest BCUT2D eigenvalue weighted by molar-refractivity contribution is -0.141. The van der Waals surface area contributed by atoms with Crippen molar-refractivity contribution in [2.45, 2.75) is 12.5 Å². The molecule has 1 heterocycles. The molecule has 0 aromatic carbocycles. The van der Waals surface area contributed by atoms with Gasteiger partial charge in [-0.15, -0.1) is 11.3 Å². The van der Waals surface area contributed by atoms with Gasteiger partial charge in [0.1, 0.15) is 6.04 Å². The van der Waals surface area contributed by atoms with Gasteiger partial charge in [0.05, 0.1) is 4.34 Å². The Hall–Kier alpha value is -1.37. The van der Waals surface area contributed by atoms with Crippen molar-refractivity contribution in [1.29, 1.82) is 0 Å². The molecule has 0 aliphatic rings. The molecule has 0 spiro atoms. The average Bonchev–Trinajstić information content (AvgIpc) is 2.77. The molecule has 0 aliphatic heterocycles. The Morgan fingerprint density at radius 1 is 1.58 bits per heavy atom. The molecule has 1 rings (SSSR count). The first-order valence-electron chi connectivity index (χ1n) is 5.48. The van der Waals surface area contributed by atoms with Crippen LogP contribution in [-0.4, -0.2) is 36.7 Å². The van der Waals surface area contributed by atoms with Gasteiger partial charge in [0, 0.05) is 31.1 Å². The lowest BCUT2D eigenvalue weighted by Gasteiger charge is -2.12. The summed E-state index contributed by atoms with van der Waals surface area (Å²) >= 11 is 7.08. The number of hydrogen-bond acceptors (Lipinski definition) is 4. The van der Waals surface area contributed by atoms with Crippen molar-refractivity contribution < 1.29 is 19.4 Å². The second kappa shape index (κ2) is 7.93. The highest BCUT2D eigenvalue weighted by Crippen LogP contribution is 2.22. The second-order valence-corrected chi connectivity index (χ2v) is 5.40. The van der Waals surface area contributed by atoms with Gasteiger partial charge >= 0.3 is 5.97 Å². The largest absolute Gasteiger partial charge is 0.480 e. The van der Waals surface area contributed by atoms with Crippen LogP contribution in [0, 0.1) is 0 Å². The van der Waals surface area contributed by atoms with Crippen LogP contribution in [0.25, 0.3) is 6.08 Å². The first-order valence-corrected chi connectivity index (χ1v) is 6.68. The number of nitrogens with one attached hydrogen (secondary N) is 1. The molecule has 0 saturated heterocycles. The molecule has 1 unspecified atom stereocenters. The number of carboxylic acid groups (broad SMARTS) is 1. The van der Waals surface area contributed by atoms with Gasteiger partial charge in [-0.25, -0.2) is 4.79 Å². The minimum Gasteiger partial charge on any atom is -0.480 e. The summed E-state index contributed by atoms with van der Waals surface area (Å²) in [4.78, 5) is 23.3. The Bertz CT molecular complexity index is 472. The number of thiophene rings is 1. The van der Waals surface area contributed by atoms with E-state index in [1.165, 1.54) is 24.5 Å². The van der Waals surface area contributed by atoms with E-state index in [1.807, 2.05) is 0 Å². The molecule has 1 atom stereocenters. The number of methoxy groups -OCH3 is 1. The first kappa shape index (κ1) is 15.7. The van der Waals surface area contributed by atoms with E-state index in [1.54, 1.807) is 18.2 Å². The number of amides is 1. The number of carbonyl (C=O) groups is 2. The maximum atomic E-state index is 11.6. The maximum Gasteiger partial charge on any atom is 0.326 e. The monoisotopic (exact) mass is 303 g/mol. The highest BCUT2D eigenvalue weighted by atomic mass is 35.5. The van der Waals surface area contributed by atoms with Crippen LogP contribution in [0.3, 0.4) is 0 Å². The van der Waals surface area contributed by atoms with E-state index in [0.29, 0.717) is 4.34 Å². The fraction of sp³-hybridized carbons (Fsp3) is 0.333. The van der Waals surface area contributed by atoms with Gasteiger partial charge in [0.15, 0.2) is 0 Å². The third kappa shape index (κ3) is 5.87. The minimum atomic E-state index is -1.09. The lowest BCUT2D eigenvalue weighted by atomic mass is 10.2. The van der Waals surface area contributed by atoms with Gasteiger partial charge < -0.3 is 15.2 Å². The van der Waals surface area contributed by atoms with Crippen LogP contribution in [0.1, 0.15) is 11.3 Å². The zero-order valence-corrected chi connectivity index (χ0v) is 11.8. The Kier molecular flexibility index (Phi) is 6.55. The summed E-state index contributed by atoms with van der Waals surface area (Å²) in [6, 6.07) is 2.54. The predicted octanol–water partition coefficient (Wildman–Crippen LogP) is 2.02. The molecule has 2 N–H and O–H groups in total. The molecule has 0 saturated carbocycles. The quantitative estimate of drug-likeness (QED) is 0.756. The third-order valence-corrected chi connectivity index (χ3v) is 3.41. The summed E-state index contributed by atoms with van der Waals surface area (Å²) in [6.07, 6.45) is 3.09. The zero-order chi connectivity index (χ0) is 14.3. The maximum absolute atomic E-state index is 11.6. The number of ether oxygens (including phenoxy) is 1. The van der Waals surface area contributed by atoms with Crippen molar-refractivity contribution in [2.75, 3.05) is 13.7 Å². The molecule has 5 nitrogen and oxygen atoms in total.